The van der Waals surface area contributed by atoms with Crippen LogP contribution in [0.3, 0.4) is 0 Å². The average Bonchev–Trinajstić information content (AvgIpc) is 2.32. The third-order valence-corrected chi connectivity index (χ3v) is 3.57. The summed E-state index contributed by atoms with van der Waals surface area (Å²) in [7, 11) is 2.10. The number of rotatable bonds is 0. The van der Waals surface area contributed by atoms with Gasteiger partial charge >= 0.3 is 0 Å². The fourth-order valence-electron chi connectivity index (χ4n) is 2.38. The number of hydrogen-bond donors (Lipinski definition) is 1. The molecule has 0 radical (unpaired) electrons. The molecule has 4 heteroatoms. The predicted molar refractivity (Wildman–Crippen MR) is 71.2 cm³/mol. The van der Waals surface area contributed by atoms with Gasteiger partial charge in [-0.2, -0.15) is 0 Å². The van der Waals surface area contributed by atoms with Crippen LogP contribution in [0.5, 0.6) is 0 Å². The summed E-state index contributed by atoms with van der Waals surface area (Å²) in [5.74, 6) is 0. The molecule has 0 bridgehead atoms. The molecule has 0 spiro atoms. The molecule has 0 atom stereocenters. The first kappa shape index (κ1) is 10.8. The van der Waals surface area contributed by atoms with Crippen molar-refractivity contribution in [2.75, 3.05) is 19.3 Å². The summed E-state index contributed by atoms with van der Waals surface area (Å²) in [6.45, 7) is 1.91. The second-order valence-electron chi connectivity index (χ2n) is 4.60. The molecule has 2 aromatic rings. The Bertz CT molecular complexity index is 595. The number of fused-ring (bicyclic) bond motifs is 2. The van der Waals surface area contributed by atoms with Crippen LogP contribution in [0.25, 0.3) is 10.9 Å². The van der Waals surface area contributed by atoms with Gasteiger partial charge in [-0.15, -0.1) is 0 Å². The molecule has 1 aromatic heterocycles. The number of nitrogen functional groups attached to an aromatic ring is 1. The van der Waals surface area contributed by atoms with Crippen molar-refractivity contribution < 1.29 is 0 Å². The Hall–Kier alpha value is -1.32. The van der Waals surface area contributed by atoms with E-state index in [1.54, 1.807) is 0 Å². The lowest BCUT2D eigenvalue weighted by molar-refractivity contribution is 0.311. The highest BCUT2D eigenvalue weighted by Crippen LogP contribution is 2.30. The Kier molecular flexibility index (Phi) is 2.45. The molecule has 3 nitrogen and oxygen atoms in total. The van der Waals surface area contributed by atoms with Gasteiger partial charge in [-0.3, -0.25) is 4.98 Å². The maximum Gasteiger partial charge on any atom is 0.0727 e. The van der Waals surface area contributed by atoms with Gasteiger partial charge in [-0.25, -0.2) is 0 Å². The van der Waals surface area contributed by atoms with Gasteiger partial charge < -0.3 is 10.6 Å². The molecule has 0 aliphatic carbocycles. The zero-order chi connectivity index (χ0) is 12.0. The fourth-order valence-corrected chi connectivity index (χ4v) is 2.55. The molecule has 3 rings (SSSR count). The minimum Gasteiger partial charge on any atom is -0.398 e. The summed E-state index contributed by atoms with van der Waals surface area (Å²) in [6.07, 6.45) is 0.967. The highest BCUT2D eigenvalue weighted by molar-refractivity contribution is 6.31. The van der Waals surface area contributed by atoms with E-state index in [-0.39, 0.29) is 0 Å². The number of anilines is 1. The Morgan fingerprint density at radius 3 is 3.06 bits per heavy atom. The molecule has 88 valence electrons. The van der Waals surface area contributed by atoms with Crippen LogP contribution in [-0.4, -0.2) is 23.5 Å². The zero-order valence-corrected chi connectivity index (χ0v) is 10.5. The second kappa shape index (κ2) is 3.86. The number of nitrogens with two attached hydrogens (primary N) is 1. The van der Waals surface area contributed by atoms with E-state index in [1.165, 1.54) is 0 Å². The highest BCUT2D eigenvalue weighted by Gasteiger charge is 2.19. The van der Waals surface area contributed by atoms with Gasteiger partial charge in [0, 0.05) is 46.9 Å². The molecule has 0 fully saturated rings. The Balaban J connectivity index is 2.29. The normalized spacial score (nSPS) is 16.1. The summed E-state index contributed by atoms with van der Waals surface area (Å²) in [5, 5.41) is 1.67. The van der Waals surface area contributed by atoms with E-state index < -0.39 is 0 Å². The van der Waals surface area contributed by atoms with Crippen LogP contribution < -0.4 is 5.73 Å². The van der Waals surface area contributed by atoms with E-state index in [1.807, 2.05) is 18.2 Å². The summed E-state index contributed by atoms with van der Waals surface area (Å²) < 4.78 is 0. The lowest BCUT2D eigenvalue weighted by Crippen LogP contribution is -2.28. The standard InChI is InChI=1S/C13H14ClN3/c1-17-5-4-12-10(7-17)13(15)9-6-8(14)2-3-11(9)16-12/h2-3,6H,4-5,7H2,1H3,(H2,15,16). The van der Waals surface area contributed by atoms with Crippen LogP contribution in [0.15, 0.2) is 18.2 Å². The summed E-state index contributed by atoms with van der Waals surface area (Å²) in [4.78, 5) is 6.95. The van der Waals surface area contributed by atoms with Gasteiger partial charge in [-0.1, -0.05) is 11.6 Å². The molecule has 0 saturated heterocycles. The number of halogens is 1. The van der Waals surface area contributed by atoms with Crippen molar-refractivity contribution in [1.82, 2.24) is 9.88 Å². The van der Waals surface area contributed by atoms with Gasteiger partial charge in [0.2, 0.25) is 0 Å². The Morgan fingerprint density at radius 1 is 1.41 bits per heavy atom. The number of pyridine rings is 1. The van der Waals surface area contributed by atoms with Crippen molar-refractivity contribution in [3.8, 4) is 0 Å². The highest BCUT2D eigenvalue weighted by atomic mass is 35.5. The zero-order valence-electron chi connectivity index (χ0n) is 9.70. The number of benzene rings is 1. The lowest BCUT2D eigenvalue weighted by atomic mass is 10.0. The summed E-state index contributed by atoms with van der Waals surface area (Å²) in [6, 6.07) is 5.69. The van der Waals surface area contributed by atoms with E-state index in [0.717, 1.165) is 47.4 Å². The van der Waals surface area contributed by atoms with Crippen LogP contribution in [0.2, 0.25) is 5.02 Å². The summed E-state index contributed by atoms with van der Waals surface area (Å²) >= 11 is 6.01. The number of aromatic nitrogens is 1. The number of likely N-dealkylation sites (N-methyl/N-ethyl adjacent to an activating group) is 1. The van der Waals surface area contributed by atoms with Gasteiger partial charge in [0.25, 0.3) is 0 Å². The smallest absolute Gasteiger partial charge is 0.0727 e. The van der Waals surface area contributed by atoms with Crippen molar-refractivity contribution in [1.29, 1.82) is 0 Å². The Labute approximate surface area is 105 Å². The van der Waals surface area contributed by atoms with Crippen molar-refractivity contribution in [2.45, 2.75) is 13.0 Å². The van der Waals surface area contributed by atoms with Gasteiger partial charge in [0.1, 0.15) is 0 Å². The topological polar surface area (TPSA) is 42.2 Å². The van der Waals surface area contributed by atoms with Crippen molar-refractivity contribution in [3.05, 3.63) is 34.5 Å². The molecular formula is C13H14ClN3. The SMILES string of the molecule is CN1CCc2nc3ccc(Cl)cc3c(N)c2C1. The number of hydrogen-bond acceptors (Lipinski definition) is 3. The third kappa shape index (κ3) is 1.75. The third-order valence-electron chi connectivity index (χ3n) is 3.34. The maximum absolute atomic E-state index is 6.25. The first-order chi connectivity index (χ1) is 8.15. The van der Waals surface area contributed by atoms with Crippen LogP contribution in [0.4, 0.5) is 5.69 Å². The molecule has 1 aliphatic rings. The monoisotopic (exact) mass is 247 g/mol. The summed E-state index contributed by atoms with van der Waals surface area (Å²) in [5.41, 5.74) is 10.3. The van der Waals surface area contributed by atoms with E-state index >= 15 is 0 Å². The molecule has 1 aromatic carbocycles. The lowest BCUT2D eigenvalue weighted by Gasteiger charge is -2.26. The van der Waals surface area contributed by atoms with Crippen LogP contribution in [0, 0.1) is 0 Å². The van der Waals surface area contributed by atoms with E-state index in [2.05, 4.69) is 16.9 Å². The molecule has 1 aliphatic heterocycles. The first-order valence-electron chi connectivity index (χ1n) is 5.70. The largest absolute Gasteiger partial charge is 0.398 e. The van der Waals surface area contributed by atoms with Gasteiger partial charge in [-0.05, 0) is 25.2 Å². The minimum absolute atomic E-state index is 0.704. The van der Waals surface area contributed by atoms with Crippen molar-refractivity contribution >= 4 is 28.2 Å². The Morgan fingerprint density at radius 2 is 2.24 bits per heavy atom. The molecule has 0 amide bonds. The molecule has 2 heterocycles. The molecule has 0 saturated carbocycles. The van der Waals surface area contributed by atoms with Gasteiger partial charge in [0.15, 0.2) is 0 Å². The fraction of sp³-hybridized carbons (Fsp3) is 0.308. The first-order valence-corrected chi connectivity index (χ1v) is 6.08. The van der Waals surface area contributed by atoms with E-state index in [4.69, 9.17) is 17.3 Å². The second-order valence-corrected chi connectivity index (χ2v) is 5.04. The average molecular weight is 248 g/mol. The van der Waals surface area contributed by atoms with Crippen LogP contribution in [0.1, 0.15) is 11.3 Å². The van der Waals surface area contributed by atoms with Crippen molar-refractivity contribution in [3.63, 3.8) is 0 Å². The quantitative estimate of drug-likeness (QED) is 0.778. The van der Waals surface area contributed by atoms with E-state index in [9.17, 15) is 0 Å². The number of nitrogens with zero attached hydrogens (tertiary/aromatic N) is 2. The molecule has 2 N–H and O–H groups in total. The maximum atomic E-state index is 6.25. The minimum atomic E-state index is 0.704. The molecule has 0 unspecified atom stereocenters. The van der Waals surface area contributed by atoms with Crippen LogP contribution >= 0.6 is 11.6 Å². The predicted octanol–water partition coefficient (Wildman–Crippen LogP) is 2.46. The van der Waals surface area contributed by atoms with Crippen LogP contribution in [-0.2, 0) is 13.0 Å². The molecule has 17 heavy (non-hydrogen) atoms. The van der Waals surface area contributed by atoms with Crippen molar-refractivity contribution in [2.24, 2.45) is 0 Å². The molecular weight excluding hydrogens is 234 g/mol. The van der Waals surface area contributed by atoms with Gasteiger partial charge in [0.05, 0.1) is 5.52 Å². The van der Waals surface area contributed by atoms with E-state index in [0.29, 0.717) is 5.02 Å².